The quantitative estimate of drug-likeness (QED) is 0.342. The van der Waals surface area contributed by atoms with E-state index in [9.17, 15) is 8.42 Å². The molecule has 6 nitrogen and oxygen atoms in total. The van der Waals surface area contributed by atoms with Crippen molar-refractivity contribution in [2.24, 2.45) is 0 Å². The van der Waals surface area contributed by atoms with Gasteiger partial charge in [0.15, 0.2) is 0 Å². The molecule has 0 bridgehead atoms. The fourth-order valence-corrected chi connectivity index (χ4v) is 2.07. The molecule has 0 fully saturated rings. The van der Waals surface area contributed by atoms with Gasteiger partial charge in [0, 0.05) is 12.1 Å². The molecule has 1 aromatic rings. The molecule has 1 aromatic heterocycles. The Morgan fingerprint density at radius 3 is 2.50 bits per heavy atom. The van der Waals surface area contributed by atoms with E-state index in [2.05, 4.69) is 28.7 Å². The van der Waals surface area contributed by atoms with Crippen LogP contribution in [0.1, 0.15) is 26.7 Å². The molecule has 1 heterocycles. The maximum absolute atomic E-state index is 11.0. The Kier molecular flexibility index (Phi) is 6.44. The lowest BCUT2D eigenvalue weighted by Crippen LogP contribution is -2.19. The molecule has 1 rings (SSSR count). The number of rotatable bonds is 8. The van der Waals surface area contributed by atoms with Crippen LogP contribution in [-0.4, -0.2) is 43.7 Å². The van der Waals surface area contributed by atoms with Crippen LogP contribution in [0.5, 0.6) is 5.88 Å². The van der Waals surface area contributed by atoms with Crippen LogP contribution in [0.15, 0.2) is 18.2 Å². The van der Waals surface area contributed by atoms with Gasteiger partial charge in [-0.15, -0.1) is 0 Å². The third-order valence-electron chi connectivity index (χ3n) is 2.38. The van der Waals surface area contributed by atoms with Gasteiger partial charge < -0.3 is 4.18 Å². The third-order valence-corrected chi connectivity index (χ3v) is 2.85. The molecule has 0 saturated heterocycles. The van der Waals surface area contributed by atoms with Crippen LogP contribution >= 0.6 is 0 Å². The van der Waals surface area contributed by atoms with Gasteiger partial charge in [0.25, 0.3) is 0 Å². The molecule has 0 unspecified atom stereocenters. The molecule has 0 spiro atoms. The lowest BCUT2D eigenvalue weighted by atomic mass is 10.4. The molecule has 1 N–H and O–H groups in total. The summed E-state index contributed by atoms with van der Waals surface area (Å²) in [7, 11) is -3.55. The van der Waals surface area contributed by atoms with Gasteiger partial charge in [-0.25, -0.2) is 5.32 Å². The predicted molar refractivity (Wildman–Crippen MR) is 80.0 cm³/mol. The van der Waals surface area contributed by atoms with Gasteiger partial charge in [0.05, 0.1) is 19.3 Å². The first kappa shape index (κ1) is 16.4. The zero-order valence-electron chi connectivity index (χ0n) is 12.2. The summed E-state index contributed by atoms with van der Waals surface area (Å²) in [5, 5.41) is 3.06. The van der Waals surface area contributed by atoms with E-state index in [4.69, 9.17) is 4.18 Å². The van der Waals surface area contributed by atoms with Crippen LogP contribution in [0.3, 0.4) is 0 Å². The topological polar surface area (TPSA) is 71.3 Å². The van der Waals surface area contributed by atoms with Crippen molar-refractivity contribution >= 4 is 22.3 Å². The molecule has 0 aliphatic heterocycles. The molecular formula is C13H22N3O3S+. The van der Waals surface area contributed by atoms with Crippen molar-refractivity contribution in [3.8, 4) is 5.88 Å². The van der Waals surface area contributed by atoms with Crippen molar-refractivity contribution in [1.82, 2.24) is 4.98 Å². The van der Waals surface area contributed by atoms with Gasteiger partial charge in [-0.2, -0.15) is 13.4 Å². The van der Waals surface area contributed by atoms with E-state index in [1.807, 2.05) is 6.34 Å². The monoisotopic (exact) mass is 300 g/mol. The van der Waals surface area contributed by atoms with Gasteiger partial charge >= 0.3 is 10.1 Å². The average molecular weight is 300 g/mol. The highest BCUT2D eigenvalue weighted by Crippen LogP contribution is 2.12. The largest absolute Gasteiger partial charge is 0.362 e. The zero-order chi connectivity index (χ0) is 15.0. The second-order valence-electron chi connectivity index (χ2n) is 4.46. The van der Waals surface area contributed by atoms with Crippen LogP contribution in [0, 0.1) is 0 Å². The second kappa shape index (κ2) is 7.84. The Hall–Kier alpha value is -1.63. The van der Waals surface area contributed by atoms with Gasteiger partial charge in [-0.05, 0) is 12.8 Å². The Labute approximate surface area is 120 Å². The number of nitrogens with one attached hydrogen (secondary N) is 1. The van der Waals surface area contributed by atoms with Crippen LogP contribution in [0.25, 0.3) is 0 Å². The summed E-state index contributed by atoms with van der Waals surface area (Å²) in [6, 6.07) is 4.94. The lowest BCUT2D eigenvalue weighted by molar-refractivity contribution is -0.523. The summed E-state index contributed by atoms with van der Waals surface area (Å²) in [6.45, 7) is 6.16. The number of aromatic nitrogens is 1. The molecule has 0 atom stereocenters. The van der Waals surface area contributed by atoms with E-state index < -0.39 is 10.1 Å². The molecule has 112 valence electrons. The standard InChI is InChI=1S/C13H21N3O3S/c1-4-9-16(10-5-2)11-14-12-7-6-8-13(15-12)19-20(3,17)18/h6-8,11H,4-5,9-10H2,1-3H3/p+1. The number of hydrogen-bond acceptors (Lipinski definition) is 4. The van der Waals surface area contributed by atoms with Gasteiger partial charge in [-0.1, -0.05) is 19.9 Å². The molecule has 0 amide bonds. The van der Waals surface area contributed by atoms with Crippen LogP contribution in [0.2, 0.25) is 0 Å². The zero-order valence-corrected chi connectivity index (χ0v) is 13.0. The minimum Gasteiger partial charge on any atom is -0.362 e. The molecule has 0 aromatic carbocycles. The average Bonchev–Trinajstić information content (AvgIpc) is 2.35. The van der Waals surface area contributed by atoms with Crippen LogP contribution in [-0.2, 0) is 10.1 Å². The minimum absolute atomic E-state index is 0.0587. The number of hydrogen-bond donors (Lipinski definition) is 1. The Morgan fingerprint density at radius 1 is 1.30 bits per heavy atom. The van der Waals surface area contributed by atoms with Crippen molar-refractivity contribution in [2.75, 3.05) is 24.7 Å². The van der Waals surface area contributed by atoms with Crippen molar-refractivity contribution in [2.45, 2.75) is 26.7 Å². The predicted octanol–water partition coefficient (Wildman–Crippen LogP) is 1.69. The van der Waals surface area contributed by atoms with Crippen molar-refractivity contribution in [3.63, 3.8) is 0 Å². The van der Waals surface area contributed by atoms with Crippen molar-refractivity contribution < 1.29 is 17.2 Å². The fraction of sp³-hybridized carbons (Fsp3) is 0.538. The maximum atomic E-state index is 11.0. The summed E-state index contributed by atoms with van der Waals surface area (Å²) in [4.78, 5) is 4.08. The highest BCUT2D eigenvalue weighted by atomic mass is 32.2. The molecule has 20 heavy (non-hydrogen) atoms. The summed E-state index contributed by atoms with van der Waals surface area (Å²) in [6.07, 6.45) is 4.97. The van der Waals surface area contributed by atoms with Gasteiger partial charge in [0.2, 0.25) is 18.0 Å². The van der Waals surface area contributed by atoms with E-state index in [1.165, 1.54) is 6.07 Å². The maximum Gasteiger partial charge on any atom is 0.307 e. The highest BCUT2D eigenvalue weighted by molar-refractivity contribution is 7.86. The highest BCUT2D eigenvalue weighted by Gasteiger charge is 2.07. The van der Waals surface area contributed by atoms with E-state index in [0.717, 1.165) is 32.2 Å². The number of pyridine rings is 1. The first-order valence-corrected chi connectivity index (χ1v) is 8.46. The Bertz CT molecular complexity index is 548. The minimum atomic E-state index is -3.55. The van der Waals surface area contributed by atoms with E-state index >= 15 is 0 Å². The van der Waals surface area contributed by atoms with Gasteiger partial charge in [0.1, 0.15) is 0 Å². The molecule has 7 heteroatoms. The summed E-state index contributed by atoms with van der Waals surface area (Å²) >= 11 is 0. The van der Waals surface area contributed by atoms with E-state index in [0.29, 0.717) is 5.82 Å². The molecule has 0 aliphatic rings. The normalized spacial score (nSPS) is 10.9. The number of nitrogens with zero attached hydrogens (tertiary/aromatic N) is 2. The number of anilines is 1. The molecule has 0 saturated carbocycles. The van der Waals surface area contributed by atoms with E-state index in [1.54, 1.807) is 12.1 Å². The van der Waals surface area contributed by atoms with E-state index in [-0.39, 0.29) is 5.88 Å². The Morgan fingerprint density at radius 2 is 1.95 bits per heavy atom. The second-order valence-corrected chi connectivity index (χ2v) is 6.03. The summed E-state index contributed by atoms with van der Waals surface area (Å²) < 4.78 is 29.0. The first-order chi connectivity index (χ1) is 9.44. The third kappa shape index (κ3) is 6.51. The van der Waals surface area contributed by atoms with Crippen molar-refractivity contribution in [1.29, 1.82) is 0 Å². The van der Waals surface area contributed by atoms with Crippen LogP contribution in [0.4, 0.5) is 5.82 Å². The molecular weight excluding hydrogens is 278 g/mol. The Balaban J connectivity index is 2.77. The molecule has 0 aliphatic carbocycles. The van der Waals surface area contributed by atoms with Crippen LogP contribution < -0.4 is 9.50 Å². The molecule has 0 radical (unpaired) electrons. The SMILES string of the molecule is CCC[N+](=CNc1cccc(OS(C)(=O)=O)n1)CCC. The summed E-state index contributed by atoms with van der Waals surface area (Å²) in [5.74, 6) is 0.604. The summed E-state index contributed by atoms with van der Waals surface area (Å²) in [5.41, 5.74) is 0. The van der Waals surface area contributed by atoms with Gasteiger partial charge in [-0.3, -0.25) is 4.58 Å². The smallest absolute Gasteiger partial charge is 0.307 e. The van der Waals surface area contributed by atoms with Crippen molar-refractivity contribution in [3.05, 3.63) is 18.2 Å². The first-order valence-electron chi connectivity index (χ1n) is 6.65. The lowest BCUT2D eigenvalue weighted by Gasteiger charge is -2.05. The fourth-order valence-electron chi connectivity index (χ4n) is 1.67.